The molecule has 2 nitrogen and oxygen atoms in total. The Morgan fingerprint density at radius 1 is 1.05 bits per heavy atom. The van der Waals surface area contributed by atoms with Gasteiger partial charge in [0.15, 0.2) is 0 Å². The van der Waals surface area contributed by atoms with Crippen LogP contribution < -0.4 is 5.32 Å². The summed E-state index contributed by atoms with van der Waals surface area (Å²) in [6.07, 6.45) is 1.80. The quantitative estimate of drug-likeness (QED) is 0.669. The second kappa shape index (κ2) is 5.92. The summed E-state index contributed by atoms with van der Waals surface area (Å²) in [5, 5.41) is 5.88. The van der Waals surface area contributed by atoms with Crippen molar-refractivity contribution in [3.05, 3.63) is 70.3 Å². The van der Waals surface area contributed by atoms with Crippen LogP contribution in [0.25, 0.3) is 10.9 Å². The zero-order valence-electron chi connectivity index (χ0n) is 11.5. The zero-order chi connectivity index (χ0) is 14.8. The highest BCUT2D eigenvalue weighted by Crippen LogP contribution is 2.29. The topological polar surface area (TPSA) is 24.9 Å². The van der Waals surface area contributed by atoms with Gasteiger partial charge >= 0.3 is 0 Å². The molecule has 1 atom stereocenters. The highest BCUT2D eigenvalue weighted by molar-refractivity contribution is 6.35. The minimum Gasteiger partial charge on any atom is -0.378 e. The number of fused-ring (bicyclic) bond motifs is 1. The third kappa shape index (κ3) is 3.12. The Kier molecular flexibility index (Phi) is 4.00. The molecule has 0 aliphatic heterocycles. The minimum atomic E-state index is 0.0869. The van der Waals surface area contributed by atoms with E-state index in [2.05, 4.69) is 23.3 Å². The second-order valence-electron chi connectivity index (χ2n) is 4.94. The van der Waals surface area contributed by atoms with E-state index in [4.69, 9.17) is 23.2 Å². The van der Waals surface area contributed by atoms with E-state index in [1.54, 1.807) is 12.3 Å². The first-order valence-corrected chi connectivity index (χ1v) is 7.45. The molecule has 0 radical (unpaired) electrons. The molecule has 0 bridgehead atoms. The number of anilines is 1. The normalized spacial score (nSPS) is 12.3. The SMILES string of the molecule is CC(Nc1ccc2ncccc2c1)c1ccc(Cl)cc1Cl. The number of pyridine rings is 1. The van der Waals surface area contributed by atoms with Gasteiger partial charge in [-0.15, -0.1) is 0 Å². The molecule has 0 aliphatic rings. The number of hydrogen-bond donors (Lipinski definition) is 1. The Morgan fingerprint density at radius 2 is 1.90 bits per heavy atom. The Bertz CT molecular complexity index is 787. The molecule has 0 saturated carbocycles. The van der Waals surface area contributed by atoms with Crippen LogP contribution in [0.2, 0.25) is 10.0 Å². The first-order chi connectivity index (χ1) is 10.1. The second-order valence-corrected chi connectivity index (χ2v) is 5.79. The van der Waals surface area contributed by atoms with Crippen molar-refractivity contribution in [2.75, 3.05) is 5.32 Å². The smallest absolute Gasteiger partial charge is 0.0703 e. The fraction of sp³-hybridized carbons (Fsp3) is 0.118. The highest BCUT2D eigenvalue weighted by Gasteiger charge is 2.10. The van der Waals surface area contributed by atoms with Crippen LogP contribution in [0.3, 0.4) is 0 Å². The van der Waals surface area contributed by atoms with Crippen molar-refractivity contribution in [2.45, 2.75) is 13.0 Å². The van der Waals surface area contributed by atoms with Gasteiger partial charge in [0.25, 0.3) is 0 Å². The van der Waals surface area contributed by atoms with Gasteiger partial charge in [0.1, 0.15) is 0 Å². The maximum absolute atomic E-state index is 6.25. The summed E-state index contributed by atoms with van der Waals surface area (Å²) in [5.41, 5.74) is 3.04. The maximum Gasteiger partial charge on any atom is 0.0703 e. The van der Waals surface area contributed by atoms with Gasteiger partial charge in [-0.3, -0.25) is 4.98 Å². The Morgan fingerprint density at radius 3 is 2.71 bits per heavy atom. The van der Waals surface area contributed by atoms with E-state index in [0.29, 0.717) is 10.0 Å². The van der Waals surface area contributed by atoms with E-state index >= 15 is 0 Å². The van der Waals surface area contributed by atoms with Crippen molar-refractivity contribution >= 4 is 39.8 Å². The van der Waals surface area contributed by atoms with Crippen LogP contribution in [0.5, 0.6) is 0 Å². The molecule has 4 heteroatoms. The molecule has 1 heterocycles. The molecule has 106 valence electrons. The fourth-order valence-electron chi connectivity index (χ4n) is 2.35. The standard InChI is InChI=1S/C17H14Cl2N2/c1-11(15-6-4-13(18)10-16(15)19)21-14-5-7-17-12(9-14)3-2-8-20-17/h2-11,21H,1H3. The van der Waals surface area contributed by atoms with Gasteiger partial charge in [0.05, 0.1) is 5.52 Å². The molecule has 21 heavy (non-hydrogen) atoms. The first kappa shape index (κ1) is 14.2. The summed E-state index contributed by atoms with van der Waals surface area (Å²) in [5.74, 6) is 0. The summed E-state index contributed by atoms with van der Waals surface area (Å²) >= 11 is 12.2. The number of nitrogens with zero attached hydrogens (tertiary/aromatic N) is 1. The van der Waals surface area contributed by atoms with Gasteiger partial charge in [0, 0.05) is 33.4 Å². The van der Waals surface area contributed by atoms with E-state index in [-0.39, 0.29) is 6.04 Å². The molecular weight excluding hydrogens is 303 g/mol. The van der Waals surface area contributed by atoms with Crippen LogP contribution in [-0.2, 0) is 0 Å². The molecule has 0 aliphatic carbocycles. The van der Waals surface area contributed by atoms with Crippen molar-refractivity contribution in [1.29, 1.82) is 0 Å². The van der Waals surface area contributed by atoms with Crippen LogP contribution >= 0.6 is 23.2 Å². The Hall–Kier alpha value is -1.77. The van der Waals surface area contributed by atoms with Gasteiger partial charge in [-0.25, -0.2) is 0 Å². The van der Waals surface area contributed by atoms with Crippen LogP contribution in [0, 0.1) is 0 Å². The maximum atomic E-state index is 6.25. The van der Waals surface area contributed by atoms with Crippen LogP contribution in [0.15, 0.2) is 54.7 Å². The largest absolute Gasteiger partial charge is 0.378 e. The van der Waals surface area contributed by atoms with Gasteiger partial charge in [-0.05, 0) is 48.9 Å². The Labute approximate surface area is 133 Å². The van der Waals surface area contributed by atoms with Gasteiger partial charge in [-0.1, -0.05) is 35.3 Å². The molecule has 1 aromatic heterocycles. The predicted molar refractivity (Wildman–Crippen MR) is 90.2 cm³/mol. The monoisotopic (exact) mass is 316 g/mol. The first-order valence-electron chi connectivity index (χ1n) is 6.70. The third-order valence-corrected chi connectivity index (χ3v) is 3.98. The lowest BCUT2D eigenvalue weighted by Crippen LogP contribution is -2.07. The number of rotatable bonds is 3. The van der Waals surface area contributed by atoms with E-state index < -0.39 is 0 Å². The third-order valence-electron chi connectivity index (χ3n) is 3.42. The molecule has 0 amide bonds. The average Bonchev–Trinajstić information content (AvgIpc) is 2.47. The van der Waals surface area contributed by atoms with Crippen LogP contribution in [0.4, 0.5) is 5.69 Å². The molecule has 0 spiro atoms. The summed E-state index contributed by atoms with van der Waals surface area (Å²) < 4.78 is 0. The lowest BCUT2D eigenvalue weighted by atomic mass is 10.1. The molecule has 0 fully saturated rings. The van der Waals surface area contributed by atoms with Crippen molar-refractivity contribution in [3.63, 3.8) is 0 Å². The highest BCUT2D eigenvalue weighted by atomic mass is 35.5. The van der Waals surface area contributed by atoms with Gasteiger partial charge in [0.2, 0.25) is 0 Å². The summed E-state index contributed by atoms with van der Waals surface area (Å²) in [6, 6.07) is 15.8. The number of hydrogen-bond acceptors (Lipinski definition) is 2. The van der Waals surface area contributed by atoms with E-state index in [1.165, 1.54) is 0 Å². The molecule has 1 unspecified atom stereocenters. The molecule has 2 aromatic carbocycles. The lowest BCUT2D eigenvalue weighted by molar-refractivity contribution is 0.885. The molecule has 1 N–H and O–H groups in total. The van der Waals surface area contributed by atoms with Crippen molar-refractivity contribution in [3.8, 4) is 0 Å². The number of nitrogens with one attached hydrogen (secondary N) is 1. The summed E-state index contributed by atoms with van der Waals surface area (Å²) in [7, 11) is 0. The van der Waals surface area contributed by atoms with Gasteiger partial charge < -0.3 is 5.32 Å². The molecule has 0 saturated heterocycles. The Balaban J connectivity index is 1.87. The zero-order valence-corrected chi connectivity index (χ0v) is 13.0. The van der Waals surface area contributed by atoms with Crippen molar-refractivity contribution < 1.29 is 0 Å². The van der Waals surface area contributed by atoms with Crippen LogP contribution in [0.1, 0.15) is 18.5 Å². The van der Waals surface area contributed by atoms with Gasteiger partial charge in [-0.2, -0.15) is 0 Å². The average molecular weight is 317 g/mol. The van der Waals surface area contributed by atoms with Crippen molar-refractivity contribution in [2.24, 2.45) is 0 Å². The molecule has 3 aromatic rings. The number of halogens is 2. The summed E-state index contributed by atoms with van der Waals surface area (Å²) in [6.45, 7) is 2.07. The van der Waals surface area contributed by atoms with E-state index in [0.717, 1.165) is 22.2 Å². The van der Waals surface area contributed by atoms with Crippen molar-refractivity contribution in [1.82, 2.24) is 4.98 Å². The molecular formula is C17H14Cl2N2. The minimum absolute atomic E-state index is 0.0869. The predicted octanol–water partition coefficient (Wildman–Crippen LogP) is 5.71. The van der Waals surface area contributed by atoms with E-state index in [1.807, 2.05) is 36.4 Å². The van der Waals surface area contributed by atoms with E-state index in [9.17, 15) is 0 Å². The van der Waals surface area contributed by atoms with Crippen LogP contribution in [-0.4, -0.2) is 4.98 Å². The number of aromatic nitrogens is 1. The molecule has 3 rings (SSSR count). The fourth-order valence-corrected chi connectivity index (χ4v) is 2.92. The number of benzene rings is 2. The summed E-state index contributed by atoms with van der Waals surface area (Å²) in [4.78, 5) is 4.32. The lowest BCUT2D eigenvalue weighted by Gasteiger charge is -2.17.